The first-order valence-corrected chi connectivity index (χ1v) is 26.8. The number of hydrogen-bond donors (Lipinski definition) is 0. The molecule has 0 aromatic carbocycles. The summed E-state index contributed by atoms with van der Waals surface area (Å²) in [5, 5.41) is 0. The number of carbonyl (C=O) groups is 2. The minimum atomic E-state index is -0.000293. The van der Waals surface area contributed by atoms with E-state index in [1.165, 1.54) is 225 Å². The second-order valence-corrected chi connectivity index (χ2v) is 19.0. The molecular formula is C54H106O4. The van der Waals surface area contributed by atoms with E-state index in [-0.39, 0.29) is 18.0 Å². The van der Waals surface area contributed by atoms with Gasteiger partial charge in [0.15, 0.2) is 0 Å². The second kappa shape index (κ2) is 48.6. The molecule has 0 heterocycles. The zero-order valence-corrected chi connectivity index (χ0v) is 40.3. The van der Waals surface area contributed by atoms with Gasteiger partial charge in [-0.25, -0.2) is 0 Å². The van der Waals surface area contributed by atoms with Crippen molar-refractivity contribution < 1.29 is 19.1 Å². The molecule has 0 rings (SSSR count). The summed E-state index contributed by atoms with van der Waals surface area (Å²) < 4.78 is 11.5. The largest absolute Gasteiger partial charge is 0.466 e. The minimum Gasteiger partial charge on any atom is -0.466 e. The number of hydrogen-bond acceptors (Lipinski definition) is 4. The normalized spacial score (nSPS) is 12.1. The molecule has 0 saturated carbocycles. The molecule has 1 atom stereocenters. The Kier molecular flexibility index (Phi) is 47.7. The highest BCUT2D eigenvalue weighted by Gasteiger charge is 2.14. The van der Waals surface area contributed by atoms with Gasteiger partial charge in [-0.3, -0.25) is 9.59 Å². The number of esters is 2. The van der Waals surface area contributed by atoms with Crippen molar-refractivity contribution in [1.29, 1.82) is 0 Å². The summed E-state index contributed by atoms with van der Waals surface area (Å²) in [4.78, 5) is 24.8. The molecule has 0 radical (unpaired) electrons. The highest BCUT2D eigenvalue weighted by atomic mass is 16.5. The van der Waals surface area contributed by atoms with Crippen molar-refractivity contribution in [3.05, 3.63) is 0 Å². The Balaban J connectivity index is 3.67. The Bertz CT molecular complexity index is 809. The molecule has 0 aromatic heterocycles. The van der Waals surface area contributed by atoms with Crippen molar-refractivity contribution in [3.63, 3.8) is 0 Å². The summed E-state index contributed by atoms with van der Waals surface area (Å²) >= 11 is 0. The van der Waals surface area contributed by atoms with Crippen LogP contribution in [-0.4, -0.2) is 24.6 Å². The fraction of sp³-hybridized carbons (Fsp3) is 0.963. The molecule has 0 amide bonds. The fourth-order valence-electron chi connectivity index (χ4n) is 8.51. The van der Waals surface area contributed by atoms with Gasteiger partial charge in [-0.15, -0.1) is 0 Å². The molecular weight excluding hydrogens is 713 g/mol. The number of unbranched alkanes of at least 4 members (excludes halogenated alkanes) is 36. The van der Waals surface area contributed by atoms with E-state index in [9.17, 15) is 9.59 Å². The van der Waals surface area contributed by atoms with Gasteiger partial charge in [-0.2, -0.15) is 0 Å². The third-order valence-electron chi connectivity index (χ3n) is 12.5. The second-order valence-electron chi connectivity index (χ2n) is 19.0. The Morgan fingerprint density at radius 1 is 0.328 bits per heavy atom. The van der Waals surface area contributed by atoms with Gasteiger partial charge >= 0.3 is 11.9 Å². The lowest BCUT2D eigenvalue weighted by atomic mass is 10.0. The third kappa shape index (κ3) is 47.6. The first-order valence-electron chi connectivity index (χ1n) is 26.8. The average molecular weight is 819 g/mol. The summed E-state index contributed by atoms with van der Waals surface area (Å²) in [7, 11) is 0. The minimum absolute atomic E-state index is 0.000293. The summed E-state index contributed by atoms with van der Waals surface area (Å²) in [5.74, 6) is 0.904. The first kappa shape index (κ1) is 56.9. The van der Waals surface area contributed by atoms with Crippen LogP contribution in [0.25, 0.3) is 0 Å². The van der Waals surface area contributed by atoms with Crippen LogP contribution in [0.4, 0.5) is 0 Å². The van der Waals surface area contributed by atoms with Crippen molar-refractivity contribution in [2.75, 3.05) is 6.61 Å². The van der Waals surface area contributed by atoms with E-state index >= 15 is 0 Å². The molecule has 0 saturated heterocycles. The van der Waals surface area contributed by atoms with Gasteiger partial charge in [0.25, 0.3) is 0 Å². The quantitative estimate of drug-likeness (QED) is 0.0453. The molecule has 0 bridgehead atoms. The molecule has 4 heteroatoms. The zero-order chi connectivity index (χ0) is 42.3. The van der Waals surface area contributed by atoms with Gasteiger partial charge in [0.2, 0.25) is 0 Å². The lowest BCUT2D eigenvalue weighted by molar-refractivity contribution is -0.150. The summed E-state index contributed by atoms with van der Waals surface area (Å²) in [5.41, 5.74) is 0. The van der Waals surface area contributed by atoms with Gasteiger partial charge in [0.05, 0.1) is 6.61 Å². The smallest absolute Gasteiger partial charge is 0.306 e. The Hall–Kier alpha value is -1.06. The van der Waals surface area contributed by atoms with Gasteiger partial charge in [-0.05, 0) is 50.9 Å². The molecule has 0 N–H and O–H groups in total. The summed E-state index contributed by atoms with van der Waals surface area (Å²) in [6.07, 6.45) is 56.9. The standard InChI is InChI=1S/C54H106O4/c1-5-7-9-11-12-13-14-15-16-19-22-25-32-37-43-49-54(56)58-52(46-40-10-8-6-2)47-41-35-30-26-27-31-36-42-48-53(55)57-50-44-38-33-28-23-20-17-18-21-24-29-34-39-45-51(3)4/h51-52H,5-50H2,1-4H3. The Morgan fingerprint density at radius 2 is 0.603 bits per heavy atom. The number of carbonyl (C=O) groups excluding carboxylic acids is 2. The highest BCUT2D eigenvalue weighted by Crippen LogP contribution is 2.20. The summed E-state index contributed by atoms with van der Waals surface area (Å²) in [6, 6.07) is 0. The molecule has 346 valence electrons. The maximum atomic E-state index is 12.7. The molecule has 0 aliphatic rings. The van der Waals surface area contributed by atoms with E-state index in [0.717, 1.165) is 57.3 Å². The molecule has 0 aliphatic carbocycles. The van der Waals surface area contributed by atoms with Crippen molar-refractivity contribution in [1.82, 2.24) is 0 Å². The molecule has 0 aromatic rings. The highest BCUT2D eigenvalue weighted by molar-refractivity contribution is 5.69. The van der Waals surface area contributed by atoms with Crippen LogP contribution in [0.2, 0.25) is 0 Å². The Morgan fingerprint density at radius 3 is 0.966 bits per heavy atom. The zero-order valence-electron chi connectivity index (χ0n) is 40.3. The van der Waals surface area contributed by atoms with Crippen LogP contribution in [0.3, 0.4) is 0 Å². The van der Waals surface area contributed by atoms with Crippen molar-refractivity contribution in [2.45, 2.75) is 323 Å². The number of rotatable bonds is 49. The van der Waals surface area contributed by atoms with Crippen LogP contribution in [0.15, 0.2) is 0 Å². The lowest BCUT2D eigenvalue weighted by Crippen LogP contribution is -2.18. The van der Waals surface area contributed by atoms with E-state index in [1.54, 1.807) is 0 Å². The van der Waals surface area contributed by atoms with Crippen LogP contribution in [0, 0.1) is 5.92 Å². The van der Waals surface area contributed by atoms with Crippen LogP contribution in [-0.2, 0) is 19.1 Å². The number of ether oxygens (including phenoxy) is 2. The van der Waals surface area contributed by atoms with Gasteiger partial charge < -0.3 is 9.47 Å². The van der Waals surface area contributed by atoms with Crippen molar-refractivity contribution >= 4 is 11.9 Å². The SMILES string of the molecule is CCCCCCCCCCCCCCCCCC(=O)OC(CCCCCC)CCCCCCCCCCC(=O)OCCCCCCCCCCCCCCCC(C)C. The average Bonchev–Trinajstić information content (AvgIpc) is 3.21. The van der Waals surface area contributed by atoms with Gasteiger partial charge in [0, 0.05) is 12.8 Å². The van der Waals surface area contributed by atoms with Crippen LogP contribution in [0.5, 0.6) is 0 Å². The molecule has 58 heavy (non-hydrogen) atoms. The van der Waals surface area contributed by atoms with E-state index < -0.39 is 0 Å². The van der Waals surface area contributed by atoms with Crippen molar-refractivity contribution in [2.24, 2.45) is 5.92 Å². The van der Waals surface area contributed by atoms with Gasteiger partial charge in [-0.1, -0.05) is 259 Å². The van der Waals surface area contributed by atoms with Crippen LogP contribution in [0.1, 0.15) is 317 Å². The van der Waals surface area contributed by atoms with Gasteiger partial charge in [0.1, 0.15) is 6.10 Å². The predicted molar refractivity (Wildman–Crippen MR) is 255 cm³/mol. The van der Waals surface area contributed by atoms with E-state index in [1.807, 2.05) is 0 Å². The lowest BCUT2D eigenvalue weighted by Gasteiger charge is -2.18. The van der Waals surface area contributed by atoms with E-state index in [0.29, 0.717) is 19.4 Å². The summed E-state index contributed by atoms with van der Waals surface area (Å²) in [6.45, 7) is 9.81. The van der Waals surface area contributed by atoms with E-state index in [2.05, 4.69) is 27.7 Å². The molecule has 0 fully saturated rings. The third-order valence-corrected chi connectivity index (χ3v) is 12.5. The van der Waals surface area contributed by atoms with Crippen LogP contribution >= 0.6 is 0 Å². The first-order chi connectivity index (χ1) is 28.5. The molecule has 0 spiro atoms. The predicted octanol–water partition coefficient (Wildman–Crippen LogP) is 18.7. The maximum absolute atomic E-state index is 12.7. The fourth-order valence-corrected chi connectivity index (χ4v) is 8.51. The monoisotopic (exact) mass is 819 g/mol. The Labute approximate surface area is 365 Å². The molecule has 0 aliphatic heterocycles. The molecule has 1 unspecified atom stereocenters. The maximum Gasteiger partial charge on any atom is 0.306 e. The molecule has 4 nitrogen and oxygen atoms in total. The van der Waals surface area contributed by atoms with Crippen LogP contribution < -0.4 is 0 Å². The van der Waals surface area contributed by atoms with Crippen molar-refractivity contribution in [3.8, 4) is 0 Å². The van der Waals surface area contributed by atoms with E-state index in [4.69, 9.17) is 9.47 Å². The topological polar surface area (TPSA) is 52.6 Å².